The lowest BCUT2D eigenvalue weighted by molar-refractivity contribution is -0.119. The van der Waals surface area contributed by atoms with E-state index in [9.17, 15) is 9.59 Å². The van der Waals surface area contributed by atoms with E-state index in [0.29, 0.717) is 31.0 Å². The van der Waals surface area contributed by atoms with Crippen LogP contribution in [0.3, 0.4) is 0 Å². The van der Waals surface area contributed by atoms with E-state index in [0.717, 1.165) is 34.6 Å². The second-order valence-electron chi connectivity index (χ2n) is 9.23. The Hall–Kier alpha value is -3.37. The van der Waals surface area contributed by atoms with Crippen molar-refractivity contribution >= 4 is 39.3 Å². The Labute approximate surface area is 223 Å². The van der Waals surface area contributed by atoms with Crippen molar-refractivity contribution in [3.8, 4) is 11.3 Å². The average Bonchev–Trinajstić information content (AvgIpc) is 3.50. The van der Waals surface area contributed by atoms with Crippen LogP contribution < -0.4 is 15.1 Å². The van der Waals surface area contributed by atoms with Crippen LogP contribution in [0.4, 0.5) is 20.6 Å². The van der Waals surface area contributed by atoms with Crippen LogP contribution in [0.15, 0.2) is 63.5 Å². The summed E-state index contributed by atoms with van der Waals surface area (Å²) in [5.41, 5.74) is 1.99. The van der Waals surface area contributed by atoms with Crippen LogP contribution >= 0.6 is 15.9 Å². The van der Waals surface area contributed by atoms with E-state index in [-0.39, 0.29) is 24.8 Å². The molecule has 2 aromatic carbocycles. The van der Waals surface area contributed by atoms with E-state index in [1.54, 1.807) is 12.1 Å². The van der Waals surface area contributed by atoms with Gasteiger partial charge in [-0.1, -0.05) is 28.1 Å². The number of carbonyl (C=O) groups excluding carboxylic acids is 2. The lowest BCUT2D eigenvalue weighted by Crippen LogP contribution is -2.46. The fraction of sp³-hybridized carbons (Fsp3) is 0.333. The molecule has 5 rings (SSSR count). The third kappa shape index (κ3) is 5.97. The maximum absolute atomic E-state index is 15.1. The van der Waals surface area contributed by atoms with E-state index >= 15 is 4.39 Å². The maximum atomic E-state index is 15.1. The van der Waals surface area contributed by atoms with E-state index in [1.807, 2.05) is 41.3 Å². The molecule has 0 unspecified atom stereocenters. The molecule has 0 spiro atoms. The number of hydrogen-bond donors (Lipinski definition) is 1. The van der Waals surface area contributed by atoms with Gasteiger partial charge in [-0.3, -0.25) is 14.6 Å². The molecule has 1 atom stereocenters. The summed E-state index contributed by atoms with van der Waals surface area (Å²) in [4.78, 5) is 29.1. The number of benzene rings is 2. The highest BCUT2D eigenvalue weighted by molar-refractivity contribution is 9.10. The van der Waals surface area contributed by atoms with Crippen molar-refractivity contribution in [1.29, 1.82) is 0 Å². The molecule has 194 valence electrons. The summed E-state index contributed by atoms with van der Waals surface area (Å²) in [7, 11) is 0. The number of anilines is 2. The molecule has 1 N–H and O–H groups in total. The van der Waals surface area contributed by atoms with Gasteiger partial charge in [-0.2, -0.15) is 0 Å². The van der Waals surface area contributed by atoms with Gasteiger partial charge in [-0.05, 0) is 42.5 Å². The highest BCUT2D eigenvalue weighted by Gasteiger charge is 2.33. The average molecular weight is 571 g/mol. The molecule has 2 saturated heterocycles. The van der Waals surface area contributed by atoms with E-state index in [1.165, 1.54) is 17.9 Å². The SMILES string of the molecule is CC(=O)NC[C@H]1CN(c2ccc(N3CCN(Cc4ccc(-c5ccc(Br)cc5)o4)CC3)c(F)c2)C(=O)O1. The molecule has 3 aromatic rings. The Kier molecular flexibility index (Phi) is 7.48. The number of amides is 2. The largest absolute Gasteiger partial charge is 0.460 e. The van der Waals surface area contributed by atoms with Gasteiger partial charge in [-0.25, -0.2) is 9.18 Å². The highest BCUT2D eigenvalue weighted by atomic mass is 79.9. The fourth-order valence-electron chi connectivity index (χ4n) is 4.62. The van der Waals surface area contributed by atoms with Crippen LogP contribution in [0.5, 0.6) is 0 Å². The fourth-order valence-corrected chi connectivity index (χ4v) is 4.88. The standard InChI is InChI=1S/C27H28BrFN4O4/c1-18(34)30-15-23-17-33(27(35)37-23)21-6-8-25(24(29)14-21)32-12-10-31(11-13-32)16-22-7-9-26(36-22)19-2-4-20(28)5-3-19/h2-9,14,23H,10-13,15-17H2,1H3,(H,30,34)/t23-/m0/s1. The van der Waals surface area contributed by atoms with Gasteiger partial charge >= 0.3 is 6.09 Å². The van der Waals surface area contributed by atoms with Gasteiger partial charge in [-0.15, -0.1) is 0 Å². The Morgan fingerprint density at radius 2 is 1.84 bits per heavy atom. The molecule has 0 radical (unpaired) electrons. The summed E-state index contributed by atoms with van der Waals surface area (Å²) >= 11 is 3.45. The maximum Gasteiger partial charge on any atom is 0.414 e. The van der Waals surface area contributed by atoms with Crippen molar-refractivity contribution in [2.75, 3.05) is 49.1 Å². The summed E-state index contributed by atoms with van der Waals surface area (Å²) in [6.45, 7) is 5.50. The number of cyclic esters (lactones) is 1. The van der Waals surface area contributed by atoms with E-state index in [4.69, 9.17) is 9.15 Å². The number of nitrogens with one attached hydrogen (secondary N) is 1. The monoisotopic (exact) mass is 570 g/mol. The minimum Gasteiger partial charge on any atom is -0.460 e. The first-order valence-electron chi connectivity index (χ1n) is 12.2. The molecule has 2 aliphatic rings. The molecule has 10 heteroatoms. The smallest absolute Gasteiger partial charge is 0.414 e. The van der Waals surface area contributed by atoms with Crippen molar-refractivity contribution in [1.82, 2.24) is 10.2 Å². The minimum atomic E-state index is -0.544. The van der Waals surface area contributed by atoms with Crippen molar-refractivity contribution in [2.24, 2.45) is 0 Å². The summed E-state index contributed by atoms with van der Waals surface area (Å²) < 4.78 is 27.5. The Balaban J connectivity index is 1.15. The number of piperazine rings is 1. The first-order chi connectivity index (χ1) is 17.9. The van der Waals surface area contributed by atoms with Gasteiger partial charge in [0.1, 0.15) is 23.4 Å². The zero-order valence-electron chi connectivity index (χ0n) is 20.5. The number of carbonyl (C=O) groups is 2. The molecule has 0 aliphatic carbocycles. The van der Waals surface area contributed by atoms with Gasteiger partial charge < -0.3 is 19.4 Å². The van der Waals surface area contributed by atoms with Crippen molar-refractivity contribution in [3.05, 3.63) is 70.6 Å². The number of ether oxygens (including phenoxy) is 1. The second kappa shape index (κ2) is 10.9. The lowest BCUT2D eigenvalue weighted by atomic mass is 10.2. The summed E-state index contributed by atoms with van der Waals surface area (Å²) in [5.74, 6) is 1.16. The van der Waals surface area contributed by atoms with Gasteiger partial charge in [0.15, 0.2) is 0 Å². The number of halogens is 2. The van der Waals surface area contributed by atoms with Crippen LogP contribution in [0, 0.1) is 5.82 Å². The van der Waals surface area contributed by atoms with Crippen LogP contribution in [0.1, 0.15) is 12.7 Å². The zero-order chi connectivity index (χ0) is 25.9. The molecule has 2 aliphatic heterocycles. The number of nitrogens with zero attached hydrogens (tertiary/aromatic N) is 3. The molecule has 2 fully saturated rings. The second-order valence-corrected chi connectivity index (χ2v) is 10.1. The predicted molar refractivity (Wildman–Crippen MR) is 142 cm³/mol. The van der Waals surface area contributed by atoms with Crippen molar-refractivity contribution in [2.45, 2.75) is 19.6 Å². The van der Waals surface area contributed by atoms with Gasteiger partial charge in [0.05, 0.1) is 31.0 Å². The third-order valence-corrected chi connectivity index (χ3v) is 7.11. The van der Waals surface area contributed by atoms with E-state index in [2.05, 4.69) is 26.1 Å². The summed E-state index contributed by atoms with van der Waals surface area (Å²) in [6.07, 6.45) is -1.01. The van der Waals surface area contributed by atoms with Gasteiger partial charge in [0.25, 0.3) is 0 Å². The first-order valence-corrected chi connectivity index (χ1v) is 13.0. The van der Waals surface area contributed by atoms with Crippen LogP contribution in [-0.2, 0) is 16.1 Å². The molecule has 2 amide bonds. The molecule has 1 aromatic heterocycles. The first kappa shape index (κ1) is 25.3. The Bertz CT molecular complexity index is 1270. The van der Waals surface area contributed by atoms with Crippen LogP contribution in [0.25, 0.3) is 11.3 Å². The van der Waals surface area contributed by atoms with Gasteiger partial charge in [0.2, 0.25) is 5.91 Å². The lowest BCUT2D eigenvalue weighted by Gasteiger charge is -2.36. The topological polar surface area (TPSA) is 78.3 Å². The molecular weight excluding hydrogens is 543 g/mol. The number of rotatable bonds is 7. The van der Waals surface area contributed by atoms with Crippen LogP contribution in [0.2, 0.25) is 0 Å². The Morgan fingerprint density at radius 3 is 2.54 bits per heavy atom. The molecule has 0 saturated carbocycles. The number of hydrogen-bond acceptors (Lipinski definition) is 6. The highest BCUT2D eigenvalue weighted by Crippen LogP contribution is 2.29. The Morgan fingerprint density at radius 1 is 1.08 bits per heavy atom. The molecule has 8 nitrogen and oxygen atoms in total. The molecule has 37 heavy (non-hydrogen) atoms. The van der Waals surface area contributed by atoms with Crippen molar-refractivity contribution < 1.29 is 23.1 Å². The molecule has 0 bridgehead atoms. The minimum absolute atomic E-state index is 0.195. The van der Waals surface area contributed by atoms with Crippen LogP contribution in [-0.4, -0.2) is 62.3 Å². The van der Waals surface area contributed by atoms with Crippen molar-refractivity contribution in [3.63, 3.8) is 0 Å². The molecular formula is C27H28BrFN4O4. The van der Waals surface area contributed by atoms with Gasteiger partial charge in [0, 0.05) is 43.1 Å². The predicted octanol–water partition coefficient (Wildman–Crippen LogP) is 4.63. The quantitative estimate of drug-likeness (QED) is 0.446. The van der Waals surface area contributed by atoms with E-state index < -0.39 is 12.2 Å². The zero-order valence-corrected chi connectivity index (χ0v) is 22.0. The third-order valence-electron chi connectivity index (χ3n) is 6.58. The summed E-state index contributed by atoms with van der Waals surface area (Å²) in [5, 5.41) is 2.64. The summed E-state index contributed by atoms with van der Waals surface area (Å²) in [6, 6.07) is 16.8. The number of furan rings is 1. The normalized spacial score (nSPS) is 18.2. The molecule has 3 heterocycles.